The summed E-state index contributed by atoms with van der Waals surface area (Å²) in [7, 11) is -3.62. The minimum Gasteiger partial charge on any atom is -0.326 e. The third-order valence-electron chi connectivity index (χ3n) is 2.23. The van der Waals surface area contributed by atoms with Crippen molar-refractivity contribution in [1.82, 2.24) is 0 Å². The summed E-state index contributed by atoms with van der Waals surface area (Å²) >= 11 is 1.10. The highest BCUT2D eigenvalue weighted by Gasteiger charge is 2.16. The lowest BCUT2D eigenvalue weighted by molar-refractivity contribution is 0.603. The van der Waals surface area contributed by atoms with Crippen molar-refractivity contribution in [2.24, 2.45) is 5.73 Å². The van der Waals surface area contributed by atoms with Crippen LogP contribution in [0.3, 0.4) is 0 Å². The van der Waals surface area contributed by atoms with Crippen molar-refractivity contribution in [3.05, 3.63) is 47.1 Å². The smallest absolute Gasteiger partial charge is 0.271 e. The normalized spacial score (nSPS) is 11.4. The third kappa shape index (κ3) is 2.87. The molecule has 0 unspecified atom stereocenters. The molecular formula is C11H11FN2O2S2. The summed E-state index contributed by atoms with van der Waals surface area (Å²) in [6.07, 6.45) is 0. The average Bonchev–Trinajstić information content (AvgIpc) is 2.81. The zero-order valence-corrected chi connectivity index (χ0v) is 10.9. The first-order valence-electron chi connectivity index (χ1n) is 5.07. The molecule has 0 atom stereocenters. The summed E-state index contributed by atoms with van der Waals surface area (Å²) in [4.78, 5) is 0. The van der Waals surface area contributed by atoms with Gasteiger partial charge in [0.25, 0.3) is 10.0 Å². The third-order valence-corrected chi connectivity index (χ3v) is 5.10. The van der Waals surface area contributed by atoms with Crippen LogP contribution < -0.4 is 10.5 Å². The van der Waals surface area contributed by atoms with Gasteiger partial charge in [-0.25, -0.2) is 12.8 Å². The van der Waals surface area contributed by atoms with Crippen molar-refractivity contribution in [3.63, 3.8) is 0 Å². The van der Waals surface area contributed by atoms with E-state index in [9.17, 15) is 12.8 Å². The lowest BCUT2D eigenvalue weighted by atomic mass is 10.3. The Bertz CT molecular complexity index is 635. The number of benzene rings is 1. The number of thiophene rings is 1. The van der Waals surface area contributed by atoms with Crippen LogP contribution in [0.4, 0.5) is 10.1 Å². The van der Waals surface area contributed by atoms with E-state index in [0.29, 0.717) is 12.2 Å². The molecule has 4 nitrogen and oxygen atoms in total. The molecule has 0 aliphatic heterocycles. The predicted molar refractivity (Wildman–Crippen MR) is 69.4 cm³/mol. The van der Waals surface area contributed by atoms with Gasteiger partial charge in [-0.2, -0.15) is 0 Å². The first-order chi connectivity index (χ1) is 8.51. The molecule has 0 bridgehead atoms. The van der Waals surface area contributed by atoms with Gasteiger partial charge in [-0.1, -0.05) is 0 Å². The number of hydrogen-bond acceptors (Lipinski definition) is 4. The topological polar surface area (TPSA) is 72.2 Å². The maximum absolute atomic E-state index is 12.7. The Morgan fingerprint density at radius 2 is 1.94 bits per heavy atom. The number of hydrogen-bond donors (Lipinski definition) is 2. The van der Waals surface area contributed by atoms with Crippen molar-refractivity contribution in [1.29, 1.82) is 0 Å². The van der Waals surface area contributed by atoms with Crippen LogP contribution in [0.25, 0.3) is 0 Å². The maximum Gasteiger partial charge on any atom is 0.271 e. The molecule has 7 heteroatoms. The molecule has 0 saturated heterocycles. The fourth-order valence-corrected chi connectivity index (χ4v) is 3.61. The minimum atomic E-state index is -3.62. The van der Waals surface area contributed by atoms with E-state index in [1.165, 1.54) is 30.3 Å². The van der Waals surface area contributed by atoms with E-state index in [4.69, 9.17) is 5.73 Å². The van der Waals surface area contributed by atoms with Gasteiger partial charge in [0.05, 0.1) is 0 Å². The van der Waals surface area contributed by atoms with Gasteiger partial charge in [0.2, 0.25) is 0 Å². The monoisotopic (exact) mass is 286 g/mol. The van der Waals surface area contributed by atoms with Gasteiger partial charge in [-0.15, -0.1) is 11.3 Å². The molecule has 0 radical (unpaired) electrons. The summed E-state index contributed by atoms with van der Waals surface area (Å²) in [5.41, 5.74) is 6.51. The van der Waals surface area contributed by atoms with Crippen LogP contribution >= 0.6 is 11.3 Å². The maximum atomic E-state index is 12.7. The standard InChI is InChI=1S/C11H11FN2O2S2/c12-9-1-3-10(4-2-9)14-18(15,16)11-5-8(6-13)7-17-11/h1-5,7,14H,6,13H2. The van der Waals surface area contributed by atoms with Gasteiger partial charge >= 0.3 is 0 Å². The summed E-state index contributed by atoms with van der Waals surface area (Å²) in [5.74, 6) is -0.417. The zero-order chi connectivity index (χ0) is 13.2. The molecule has 1 heterocycles. The second-order valence-corrected chi connectivity index (χ2v) is 6.41. The van der Waals surface area contributed by atoms with E-state index >= 15 is 0 Å². The van der Waals surface area contributed by atoms with E-state index in [-0.39, 0.29) is 4.21 Å². The lowest BCUT2D eigenvalue weighted by Crippen LogP contribution is -2.11. The zero-order valence-electron chi connectivity index (χ0n) is 9.26. The van der Waals surface area contributed by atoms with Gasteiger partial charge in [-0.3, -0.25) is 4.72 Å². The molecule has 0 aliphatic carbocycles. The molecule has 1 aromatic heterocycles. The highest BCUT2D eigenvalue weighted by Crippen LogP contribution is 2.22. The van der Waals surface area contributed by atoms with Crippen LogP contribution in [-0.4, -0.2) is 8.42 Å². The van der Waals surface area contributed by atoms with Gasteiger partial charge < -0.3 is 5.73 Å². The van der Waals surface area contributed by atoms with Gasteiger partial charge in [0.1, 0.15) is 10.0 Å². The van der Waals surface area contributed by atoms with Crippen molar-refractivity contribution in [3.8, 4) is 0 Å². The lowest BCUT2D eigenvalue weighted by Gasteiger charge is -2.05. The average molecular weight is 286 g/mol. The SMILES string of the molecule is NCc1csc(S(=O)(=O)Nc2ccc(F)cc2)c1. The quantitative estimate of drug-likeness (QED) is 0.904. The van der Waals surface area contributed by atoms with Crippen LogP contribution in [0, 0.1) is 5.82 Å². The summed E-state index contributed by atoms with van der Waals surface area (Å²) < 4.78 is 39.2. The second-order valence-electron chi connectivity index (χ2n) is 3.59. The molecule has 0 aliphatic rings. The number of nitrogens with two attached hydrogens (primary N) is 1. The first kappa shape index (κ1) is 13.0. The summed E-state index contributed by atoms with van der Waals surface area (Å²) in [5, 5.41) is 1.69. The van der Waals surface area contributed by atoms with Crippen molar-refractivity contribution >= 4 is 27.0 Å². The Morgan fingerprint density at radius 3 is 2.50 bits per heavy atom. The van der Waals surface area contributed by atoms with Gasteiger partial charge in [-0.05, 0) is 41.3 Å². The van der Waals surface area contributed by atoms with Crippen molar-refractivity contribution in [2.75, 3.05) is 4.72 Å². The number of halogens is 1. The van der Waals surface area contributed by atoms with E-state index in [1.54, 1.807) is 5.38 Å². The minimum absolute atomic E-state index is 0.187. The Labute approximate surface area is 108 Å². The van der Waals surface area contributed by atoms with Gasteiger partial charge in [0, 0.05) is 12.2 Å². The molecule has 18 heavy (non-hydrogen) atoms. The first-order valence-corrected chi connectivity index (χ1v) is 7.43. The molecule has 0 spiro atoms. The molecule has 0 fully saturated rings. The molecule has 0 amide bonds. The Kier molecular flexibility index (Phi) is 3.65. The number of sulfonamides is 1. The van der Waals surface area contributed by atoms with E-state index in [0.717, 1.165) is 16.9 Å². The Morgan fingerprint density at radius 1 is 1.28 bits per heavy atom. The highest BCUT2D eigenvalue weighted by molar-refractivity contribution is 7.94. The number of nitrogens with one attached hydrogen (secondary N) is 1. The summed E-state index contributed by atoms with van der Waals surface area (Å²) in [6.45, 7) is 0.294. The molecule has 1 aromatic carbocycles. The van der Waals surface area contributed by atoms with Crippen LogP contribution in [0.2, 0.25) is 0 Å². The van der Waals surface area contributed by atoms with E-state index in [2.05, 4.69) is 4.72 Å². The summed E-state index contributed by atoms with van der Waals surface area (Å²) in [6, 6.07) is 6.64. The second kappa shape index (κ2) is 5.05. The highest BCUT2D eigenvalue weighted by atomic mass is 32.2. The fourth-order valence-electron chi connectivity index (χ4n) is 1.32. The largest absolute Gasteiger partial charge is 0.326 e. The van der Waals surface area contributed by atoms with Crippen LogP contribution in [0.5, 0.6) is 0 Å². The molecular weight excluding hydrogens is 275 g/mol. The van der Waals surface area contributed by atoms with Gasteiger partial charge in [0.15, 0.2) is 0 Å². The van der Waals surface area contributed by atoms with Crippen LogP contribution in [0.15, 0.2) is 39.9 Å². The van der Waals surface area contributed by atoms with Crippen molar-refractivity contribution in [2.45, 2.75) is 10.8 Å². The van der Waals surface area contributed by atoms with Crippen LogP contribution in [0.1, 0.15) is 5.56 Å². The number of anilines is 1. The fraction of sp³-hybridized carbons (Fsp3) is 0.0909. The molecule has 2 aromatic rings. The molecule has 3 N–H and O–H groups in total. The van der Waals surface area contributed by atoms with Crippen molar-refractivity contribution < 1.29 is 12.8 Å². The van der Waals surface area contributed by atoms with E-state index in [1.807, 2.05) is 0 Å². The number of rotatable bonds is 4. The van der Waals surface area contributed by atoms with E-state index < -0.39 is 15.8 Å². The Balaban J connectivity index is 2.24. The predicted octanol–water partition coefficient (Wildman–Crippen LogP) is 2.15. The Hall–Kier alpha value is -1.44. The van der Waals surface area contributed by atoms with Crippen LogP contribution in [-0.2, 0) is 16.6 Å². The molecule has 0 saturated carbocycles. The molecule has 2 rings (SSSR count). The molecule has 96 valence electrons.